The highest BCUT2D eigenvalue weighted by atomic mass is 32.2. The second kappa shape index (κ2) is 10.1. The van der Waals surface area contributed by atoms with Crippen molar-refractivity contribution in [2.45, 2.75) is 31.6 Å². The van der Waals surface area contributed by atoms with E-state index in [0.29, 0.717) is 30.2 Å². The third-order valence-electron chi connectivity index (χ3n) is 5.34. The zero-order valence-electron chi connectivity index (χ0n) is 19.3. The number of nitrogens with one attached hydrogen (secondary N) is 1. The Bertz CT molecular complexity index is 1160. The quantitative estimate of drug-likeness (QED) is 0.638. The second-order valence-electron chi connectivity index (χ2n) is 7.70. The summed E-state index contributed by atoms with van der Waals surface area (Å²) in [4.78, 5) is 27.3. The monoisotopic (exact) mass is 471 g/mol. The molecule has 0 bridgehead atoms. The molecule has 0 atom stereocenters. The summed E-state index contributed by atoms with van der Waals surface area (Å²) < 4.78 is 27.3. The third-order valence-corrected chi connectivity index (χ3v) is 7.38. The van der Waals surface area contributed by atoms with Crippen LogP contribution in [0.4, 0.5) is 17.1 Å². The number of carbonyl (C=O) groups excluding carboxylic acids is 2. The predicted molar refractivity (Wildman–Crippen MR) is 130 cm³/mol. The van der Waals surface area contributed by atoms with Gasteiger partial charge in [-0.2, -0.15) is 9.41 Å². The highest BCUT2D eigenvalue weighted by molar-refractivity contribution is 7.89. The molecule has 9 nitrogen and oxygen atoms in total. The van der Waals surface area contributed by atoms with Crippen molar-refractivity contribution in [2.24, 2.45) is 5.10 Å². The van der Waals surface area contributed by atoms with E-state index in [2.05, 4.69) is 10.4 Å². The van der Waals surface area contributed by atoms with Gasteiger partial charge in [0, 0.05) is 40.0 Å². The minimum Gasteiger partial charge on any atom is -0.376 e. The second-order valence-corrected chi connectivity index (χ2v) is 9.64. The highest BCUT2D eigenvalue weighted by Gasteiger charge is 2.27. The number of nitrogens with zero attached hydrogens (tertiary/aromatic N) is 4. The molecule has 1 aliphatic rings. The number of rotatable bonds is 8. The molecule has 0 fully saturated rings. The topological polar surface area (TPSA) is 102 Å². The van der Waals surface area contributed by atoms with Gasteiger partial charge in [0.1, 0.15) is 5.71 Å². The van der Waals surface area contributed by atoms with Crippen molar-refractivity contribution in [3.8, 4) is 0 Å². The van der Waals surface area contributed by atoms with Crippen LogP contribution in [0, 0.1) is 0 Å². The van der Waals surface area contributed by atoms with E-state index in [9.17, 15) is 18.0 Å². The first kappa shape index (κ1) is 24.4. The lowest BCUT2D eigenvalue weighted by atomic mass is 10.1. The van der Waals surface area contributed by atoms with Crippen molar-refractivity contribution >= 4 is 44.6 Å². The predicted octanol–water partition coefficient (Wildman–Crippen LogP) is 2.90. The summed E-state index contributed by atoms with van der Waals surface area (Å²) in [6, 6.07) is 13.6. The molecule has 33 heavy (non-hydrogen) atoms. The van der Waals surface area contributed by atoms with Crippen LogP contribution in [0.1, 0.15) is 26.7 Å². The molecule has 2 aromatic carbocycles. The van der Waals surface area contributed by atoms with Gasteiger partial charge in [-0.15, -0.1) is 0 Å². The minimum atomic E-state index is -3.70. The van der Waals surface area contributed by atoms with Gasteiger partial charge < -0.3 is 10.2 Å². The average molecular weight is 472 g/mol. The highest BCUT2D eigenvalue weighted by Crippen LogP contribution is 2.29. The van der Waals surface area contributed by atoms with E-state index in [1.807, 2.05) is 6.07 Å². The Labute approximate surface area is 194 Å². The number of hydrazone groups is 1. The molecule has 3 rings (SSSR count). The van der Waals surface area contributed by atoms with Gasteiger partial charge in [-0.25, -0.2) is 13.4 Å². The molecule has 0 radical (unpaired) electrons. The normalized spacial score (nSPS) is 14.3. The van der Waals surface area contributed by atoms with E-state index in [1.165, 1.54) is 21.4 Å². The summed E-state index contributed by atoms with van der Waals surface area (Å²) in [5.74, 6) is -0.678. The molecule has 0 aromatic heterocycles. The fourth-order valence-electron chi connectivity index (χ4n) is 3.56. The van der Waals surface area contributed by atoms with Crippen LogP contribution in [0.15, 0.2) is 58.5 Å². The summed E-state index contributed by atoms with van der Waals surface area (Å²) in [5, 5.41) is 8.31. The number of para-hydroxylation sites is 1. The molecule has 0 saturated carbocycles. The molecule has 0 saturated heterocycles. The van der Waals surface area contributed by atoms with E-state index in [-0.39, 0.29) is 29.4 Å². The number of hydrogen-bond donors (Lipinski definition) is 1. The van der Waals surface area contributed by atoms with Crippen molar-refractivity contribution in [1.29, 1.82) is 0 Å². The molecule has 0 spiro atoms. The summed E-state index contributed by atoms with van der Waals surface area (Å²) in [6.07, 6.45) is 0.348. The summed E-state index contributed by atoms with van der Waals surface area (Å²) in [6.45, 7) is 4.24. The zero-order valence-corrected chi connectivity index (χ0v) is 20.1. The summed E-state index contributed by atoms with van der Waals surface area (Å²) >= 11 is 0. The standard InChI is InChI=1S/C23H29N5O4S/c1-5-27(6-2)33(31,32)18-12-14-21(26(3)4)20(16-18)24-23(30)19-13-15-22(29)28(25-19)17-10-8-7-9-11-17/h7-12,14,16H,5-6,13,15H2,1-4H3,(H,24,30). The van der Waals surface area contributed by atoms with Gasteiger partial charge in [0.05, 0.1) is 22.0 Å². The van der Waals surface area contributed by atoms with Crippen LogP contribution in [0.2, 0.25) is 0 Å². The molecule has 176 valence electrons. The molecular weight excluding hydrogens is 442 g/mol. The first-order valence-electron chi connectivity index (χ1n) is 10.8. The smallest absolute Gasteiger partial charge is 0.271 e. The number of carbonyl (C=O) groups is 2. The van der Waals surface area contributed by atoms with Crippen molar-refractivity contribution < 1.29 is 18.0 Å². The number of amides is 2. The molecule has 2 amide bonds. The van der Waals surface area contributed by atoms with Crippen LogP contribution in [0.5, 0.6) is 0 Å². The van der Waals surface area contributed by atoms with E-state index in [4.69, 9.17) is 0 Å². The van der Waals surface area contributed by atoms with Gasteiger partial charge in [0.2, 0.25) is 15.9 Å². The maximum absolute atomic E-state index is 13.1. The fraction of sp³-hybridized carbons (Fsp3) is 0.348. The van der Waals surface area contributed by atoms with Crippen molar-refractivity contribution in [3.63, 3.8) is 0 Å². The van der Waals surface area contributed by atoms with Gasteiger partial charge in [-0.1, -0.05) is 32.0 Å². The molecular formula is C23H29N5O4S. The Morgan fingerprint density at radius 1 is 1.06 bits per heavy atom. The molecule has 1 N–H and O–H groups in total. The molecule has 10 heteroatoms. The van der Waals surface area contributed by atoms with Crippen molar-refractivity contribution in [3.05, 3.63) is 48.5 Å². The first-order chi connectivity index (χ1) is 15.7. The SMILES string of the molecule is CCN(CC)S(=O)(=O)c1ccc(N(C)C)c(NC(=O)C2=NN(c3ccccc3)C(=O)CC2)c1. The Kier molecular flexibility index (Phi) is 7.50. The van der Waals surface area contributed by atoms with E-state index in [0.717, 1.165) is 0 Å². The summed E-state index contributed by atoms with van der Waals surface area (Å²) in [5.41, 5.74) is 1.77. The lowest BCUT2D eigenvalue weighted by Gasteiger charge is -2.24. The summed E-state index contributed by atoms with van der Waals surface area (Å²) in [7, 11) is -0.0924. The Morgan fingerprint density at radius 3 is 2.33 bits per heavy atom. The van der Waals surface area contributed by atoms with Crippen LogP contribution in [0.3, 0.4) is 0 Å². The van der Waals surface area contributed by atoms with E-state index >= 15 is 0 Å². The minimum absolute atomic E-state index is 0.0961. The maximum Gasteiger partial charge on any atom is 0.271 e. The molecule has 2 aromatic rings. The molecule has 0 unspecified atom stereocenters. The molecule has 0 aliphatic carbocycles. The molecule has 1 heterocycles. The van der Waals surface area contributed by atoms with Gasteiger partial charge in [0.25, 0.3) is 5.91 Å². The largest absolute Gasteiger partial charge is 0.376 e. The van der Waals surface area contributed by atoms with Crippen LogP contribution < -0.4 is 15.2 Å². The first-order valence-corrected chi connectivity index (χ1v) is 12.2. The number of hydrogen-bond acceptors (Lipinski definition) is 6. The van der Waals surface area contributed by atoms with Gasteiger partial charge in [0.15, 0.2) is 0 Å². The molecule has 1 aliphatic heterocycles. The lowest BCUT2D eigenvalue weighted by Crippen LogP contribution is -2.36. The van der Waals surface area contributed by atoms with Crippen LogP contribution in [-0.4, -0.2) is 57.4 Å². The van der Waals surface area contributed by atoms with Crippen LogP contribution in [-0.2, 0) is 19.6 Å². The Morgan fingerprint density at radius 2 is 1.73 bits per heavy atom. The third kappa shape index (κ3) is 5.23. The van der Waals surface area contributed by atoms with Gasteiger partial charge in [-0.05, 0) is 30.3 Å². The lowest BCUT2D eigenvalue weighted by molar-refractivity contribution is -0.118. The van der Waals surface area contributed by atoms with E-state index in [1.54, 1.807) is 63.2 Å². The number of anilines is 3. The average Bonchev–Trinajstić information content (AvgIpc) is 2.80. The zero-order chi connectivity index (χ0) is 24.2. The van der Waals surface area contributed by atoms with Gasteiger partial charge in [-0.3, -0.25) is 9.59 Å². The van der Waals surface area contributed by atoms with Crippen LogP contribution in [0.25, 0.3) is 0 Å². The Balaban J connectivity index is 1.94. The maximum atomic E-state index is 13.1. The van der Waals surface area contributed by atoms with Gasteiger partial charge >= 0.3 is 0 Å². The van der Waals surface area contributed by atoms with Crippen molar-refractivity contribution in [1.82, 2.24) is 4.31 Å². The Hall–Kier alpha value is -3.24. The van der Waals surface area contributed by atoms with Crippen molar-refractivity contribution in [2.75, 3.05) is 42.4 Å². The number of sulfonamides is 1. The van der Waals surface area contributed by atoms with E-state index < -0.39 is 15.9 Å². The number of benzene rings is 2. The fourth-order valence-corrected chi connectivity index (χ4v) is 5.05. The van der Waals surface area contributed by atoms with Crippen LogP contribution >= 0.6 is 0 Å².